The number of para-hydroxylation sites is 1. The highest BCUT2D eigenvalue weighted by atomic mass is 16.6. The summed E-state index contributed by atoms with van der Waals surface area (Å²) < 4.78 is 0. The monoisotopic (exact) mass is 347 g/mol. The normalized spacial score (nSPS) is 10.2. The number of hydrogen-bond donors (Lipinski definition) is 2. The average Bonchev–Trinajstić information content (AvgIpc) is 2.68. The van der Waals surface area contributed by atoms with Crippen LogP contribution in [0.2, 0.25) is 0 Å². The van der Waals surface area contributed by atoms with Gasteiger partial charge < -0.3 is 10.6 Å². The van der Waals surface area contributed by atoms with E-state index in [1.807, 2.05) is 54.6 Å². The molecule has 0 unspecified atom stereocenters. The molecule has 6 heteroatoms. The minimum atomic E-state index is -0.461. The lowest BCUT2D eigenvalue weighted by Crippen LogP contribution is -2.22. The van der Waals surface area contributed by atoms with Crippen LogP contribution in [0.1, 0.15) is 0 Å². The summed E-state index contributed by atoms with van der Waals surface area (Å²) in [6.45, 7) is 0.0565. The molecule has 2 N–H and O–H groups in total. The van der Waals surface area contributed by atoms with Gasteiger partial charge in [-0.15, -0.1) is 0 Å². The van der Waals surface area contributed by atoms with E-state index in [0.717, 1.165) is 16.8 Å². The number of rotatable bonds is 6. The Kier molecular flexibility index (Phi) is 5.24. The minimum Gasteiger partial charge on any atom is -0.376 e. The lowest BCUT2D eigenvalue weighted by Gasteiger charge is -2.12. The molecule has 130 valence electrons. The smallest absolute Gasteiger partial charge is 0.269 e. The van der Waals surface area contributed by atoms with Crippen LogP contribution in [0.4, 0.5) is 17.1 Å². The van der Waals surface area contributed by atoms with E-state index in [1.54, 1.807) is 12.1 Å². The Hall–Kier alpha value is -3.67. The van der Waals surface area contributed by atoms with E-state index >= 15 is 0 Å². The summed E-state index contributed by atoms with van der Waals surface area (Å²) in [7, 11) is 0. The number of carbonyl (C=O) groups is 1. The van der Waals surface area contributed by atoms with Gasteiger partial charge in [0.2, 0.25) is 5.91 Å². The highest BCUT2D eigenvalue weighted by molar-refractivity contribution is 5.97. The van der Waals surface area contributed by atoms with Crippen molar-refractivity contribution < 1.29 is 9.72 Å². The Balaban J connectivity index is 1.65. The molecule has 0 aliphatic rings. The zero-order valence-corrected chi connectivity index (χ0v) is 13.9. The summed E-state index contributed by atoms with van der Waals surface area (Å²) >= 11 is 0. The molecule has 26 heavy (non-hydrogen) atoms. The van der Waals surface area contributed by atoms with E-state index in [2.05, 4.69) is 10.6 Å². The van der Waals surface area contributed by atoms with Crippen LogP contribution in [0, 0.1) is 10.1 Å². The Morgan fingerprint density at radius 1 is 0.885 bits per heavy atom. The molecule has 0 spiro atoms. The van der Waals surface area contributed by atoms with Crippen molar-refractivity contribution in [3.63, 3.8) is 0 Å². The summed E-state index contributed by atoms with van der Waals surface area (Å²) in [6.07, 6.45) is 0. The summed E-state index contributed by atoms with van der Waals surface area (Å²) in [5.74, 6) is -0.202. The van der Waals surface area contributed by atoms with Crippen molar-refractivity contribution in [1.29, 1.82) is 0 Å². The molecule has 0 bridgehead atoms. The quantitative estimate of drug-likeness (QED) is 0.514. The van der Waals surface area contributed by atoms with Crippen LogP contribution in [-0.4, -0.2) is 17.4 Å². The molecular formula is C20H17N3O3. The first kappa shape index (κ1) is 17.2. The molecule has 0 fully saturated rings. The number of nitrogens with one attached hydrogen (secondary N) is 2. The predicted molar refractivity (Wildman–Crippen MR) is 102 cm³/mol. The van der Waals surface area contributed by atoms with Gasteiger partial charge in [0, 0.05) is 29.1 Å². The highest BCUT2D eigenvalue weighted by Gasteiger charge is 2.09. The Morgan fingerprint density at radius 2 is 1.54 bits per heavy atom. The fourth-order valence-corrected chi connectivity index (χ4v) is 2.54. The Bertz CT molecular complexity index is 909. The SMILES string of the molecule is O=C(CNc1ccc([N+](=O)[O-])cc1)Nc1ccccc1-c1ccccc1. The van der Waals surface area contributed by atoms with Crippen LogP contribution < -0.4 is 10.6 Å². The highest BCUT2D eigenvalue weighted by Crippen LogP contribution is 2.27. The van der Waals surface area contributed by atoms with Crippen molar-refractivity contribution in [2.24, 2.45) is 0 Å². The largest absolute Gasteiger partial charge is 0.376 e. The van der Waals surface area contributed by atoms with E-state index in [-0.39, 0.29) is 18.1 Å². The Morgan fingerprint density at radius 3 is 2.23 bits per heavy atom. The molecule has 3 rings (SSSR count). The zero-order chi connectivity index (χ0) is 18.4. The number of carbonyl (C=O) groups excluding carboxylic acids is 1. The summed E-state index contributed by atoms with van der Waals surface area (Å²) in [6, 6.07) is 23.3. The number of nitro benzene ring substituents is 1. The van der Waals surface area contributed by atoms with Gasteiger partial charge in [0.1, 0.15) is 0 Å². The summed E-state index contributed by atoms with van der Waals surface area (Å²) in [5.41, 5.74) is 3.34. The van der Waals surface area contributed by atoms with Crippen molar-refractivity contribution in [1.82, 2.24) is 0 Å². The topological polar surface area (TPSA) is 84.3 Å². The molecule has 0 saturated heterocycles. The van der Waals surface area contributed by atoms with Gasteiger partial charge in [0.25, 0.3) is 5.69 Å². The number of non-ortho nitro benzene ring substituents is 1. The standard InChI is InChI=1S/C20H17N3O3/c24-20(14-21-16-10-12-17(13-11-16)23(25)26)22-19-9-5-4-8-18(19)15-6-2-1-3-7-15/h1-13,21H,14H2,(H,22,24). The fourth-order valence-electron chi connectivity index (χ4n) is 2.54. The van der Waals surface area contributed by atoms with Crippen molar-refractivity contribution in [2.75, 3.05) is 17.2 Å². The van der Waals surface area contributed by atoms with Gasteiger partial charge in [-0.3, -0.25) is 14.9 Å². The third-order valence-corrected chi connectivity index (χ3v) is 3.82. The number of hydrogen-bond acceptors (Lipinski definition) is 4. The molecule has 0 aliphatic heterocycles. The average molecular weight is 347 g/mol. The van der Waals surface area contributed by atoms with Crippen molar-refractivity contribution in [3.05, 3.63) is 89.0 Å². The second kappa shape index (κ2) is 7.94. The van der Waals surface area contributed by atoms with Gasteiger partial charge in [0.15, 0.2) is 0 Å². The molecule has 0 saturated carbocycles. The van der Waals surface area contributed by atoms with Gasteiger partial charge >= 0.3 is 0 Å². The van der Waals surface area contributed by atoms with E-state index in [9.17, 15) is 14.9 Å². The second-order valence-electron chi connectivity index (χ2n) is 5.62. The van der Waals surface area contributed by atoms with E-state index in [0.29, 0.717) is 5.69 Å². The van der Waals surface area contributed by atoms with Crippen molar-refractivity contribution >= 4 is 23.0 Å². The lowest BCUT2D eigenvalue weighted by molar-refractivity contribution is -0.384. The third-order valence-electron chi connectivity index (χ3n) is 3.82. The first-order valence-corrected chi connectivity index (χ1v) is 8.06. The van der Waals surface area contributed by atoms with E-state index in [1.165, 1.54) is 12.1 Å². The third kappa shape index (κ3) is 4.24. The van der Waals surface area contributed by atoms with Crippen molar-refractivity contribution in [3.8, 4) is 11.1 Å². The van der Waals surface area contributed by atoms with Crippen LogP contribution in [-0.2, 0) is 4.79 Å². The molecule has 0 aromatic heterocycles. The van der Waals surface area contributed by atoms with Crippen LogP contribution in [0.3, 0.4) is 0 Å². The first-order chi connectivity index (χ1) is 12.6. The molecule has 0 radical (unpaired) electrons. The summed E-state index contributed by atoms with van der Waals surface area (Å²) in [4.78, 5) is 22.5. The maximum atomic E-state index is 12.3. The number of benzene rings is 3. The maximum absolute atomic E-state index is 12.3. The second-order valence-corrected chi connectivity index (χ2v) is 5.62. The molecule has 3 aromatic rings. The minimum absolute atomic E-state index is 0.0109. The zero-order valence-electron chi connectivity index (χ0n) is 13.9. The van der Waals surface area contributed by atoms with Crippen LogP contribution in [0.5, 0.6) is 0 Å². The van der Waals surface area contributed by atoms with Gasteiger partial charge in [0.05, 0.1) is 11.5 Å². The first-order valence-electron chi connectivity index (χ1n) is 8.06. The van der Waals surface area contributed by atoms with E-state index < -0.39 is 4.92 Å². The van der Waals surface area contributed by atoms with Gasteiger partial charge in [-0.25, -0.2) is 0 Å². The summed E-state index contributed by atoms with van der Waals surface area (Å²) in [5, 5.41) is 16.5. The molecule has 3 aromatic carbocycles. The number of nitrogens with zero attached hydrogens (tertiary/aromatic N) is 1. The number of anilines is 2. The number of nitro groups is 1. The van der Waals surface area contributed by atoms with Gasteiger partial charge in [-0.1, -0.05) is 48.5 Å². The number of amides is 1. The van der Waals surface area contributed by atoms with Crippen LogP contribution in [0.25, 0.3) is 11.1 Å². The maximum Gasteiger partial charge on any atom is 0.269 e. The molecular weight excluding hydrogens is 330 g/mol. The molecule has 0 aliphatic carbocycles. The Labute approximate surface area is 150 Å². The van der Waals surface area contributed by atoms with Gasteiger partial charge in [-0.2, -0.15) is 0 Å². The van der Waals surface area contributed by atoms with Crippen molar-refractivity contribution in [2.45, 2.75) is 0 Å². The molecule has 6 nitrogen and oxygen atoms in total. The van der Waals surface area contributed by atoms with Crippen LogP contribution in [0.15, 0.2) is 78.9 Å². The van der Waals surface area contributed by atoms with Gasteiger partial charge in [-0.05, 0) is 23.8 Å². The lowest BCUT2D eigenvalue weighted by atomic mass is 10.0. The van der Waals surface area contributed by atoms with E-state index in [4.69, 9.17) is 0 Å². The predicted octanol–water partition coefficient (Wildman–Crippen LogP) is 4.31. The molecule has 0 atom stereocenters. The molecule has 0 heterocycles. The molecule has 1 amide bonds. The van der Waals surface area contributed by atoms with Crippen LogP contribution >= 0.6 is 0 Å². The fraction of sp³-hybridized carbons (Fsp3) is 0.0500.